The summed E-state index contributed by atoms with van der Waals surface area (Å²) in [5.41, 5.74) is 0. The van der Waals surface area contributed by atoms with Crippen molar-refractivity contribution in [2.75, 3.05) is 19.8 Å². The highest BCUT2D eigenvalue weighted by molar-refractivity contribution is 5.66. The molecule has 1 rings (SSSR count). The van der Waals surface area contributed by atoms with Crippen molar-refractivity contribution in [2.24, 2.45) is 0 Å². The minimum Gasteiger partial charge on any atom is -0.481 e. The summed E-state index contributed by atoms with van der Waals surface area (Å²) >= 11 is 0. The highest BCUT2D eigenvalue weighted by Crippen LogP contribution is 2.29. The Morgan fingerprint density at radius 1 is 1.29 bits per heavy atom. The largest absolute Gasteiger partial charge is 0.481 e. The molecule has 1 heterocycles. The van der Waals surface area contributed by atoms with Gasteiger partial charge in [0.2, 0.25) is 0 Å². The number of carboxylic acid groups (broad SMARTS) is 1. The maximum Gasteiger partial charge on any atom is 0.303 e. The quantitative estimate of drug-likeness (QED) is 0.653. The van der Waals surface area contributed by atoms with E-state index in [-0.39, 0.29) is 13.0 Å². The van der Waals surface area contributed by atoms with Gasteiger partial charge < -0.3 is 19.7 Å². The average Bonchev–Trinajstić information content (AvgIpc) is 2.61. The van der Waals surface area contributed by atoms with Gasteiger partial charge in [0.05, 0.1) is 19.6 Å². The van der Waals surface area contributed by atoms with Gasteiger partial charge in [-0.25, -0.2) is 0 Å². The summed E-state index contributed by atoms with van der Waals surface area (Å²) in [6.45, 7) is 1.08. The van der Waals surface area contributed by atoms with Crippen LogP contribution in [-0.2, 0) is 14.3 Å². The van der Waals surface area contributed by atoms with Crippen molar-refractivity contribution in [3.63, 3.8) is 0 Å². The molecule has 0 aromatic carbocycles. The van der Waals surface area contributed by atoms with E-state index in [2.05, 4.69) is 0 Å². The van der Waals surface area contributed by atoms with Crippen molar-refractivity contribution in [1.82, 2.24) is 0 Å². The molecule has 14 heavy (non-hydrogen) atoms. The monoisotopic (exact) mass is 204 g/mol. The average molecular weight is 204 g/mol. The molecule has 0 unspecified atom stereocenters. The van der Waals surface area contributed by atoms with Gasteiger partial charge in [0, 0.05) is 19.4 Å². The van der Waals surface area contributed by atoms with E-state index in [0.717, 1.165) is 0 Å². The van der Waals surface area contributed by atoms with Crippen LogP contribution in [0.1, 0.15) is 25.7 Å². The molecular formula is C9H16O5. The number of carbonyl (C=O) groups is 1. The van der Waals surface area contributed by atoms with Gasteiger partial charge in [-0.3, -0.25) is 4.79 Å². The lowest BCUT2D eigenvalue weighted by atomic mass is 10.0. The van der Waals surface area contributed by atoms with E-state index < -0.39 is 11.8 Å². The van der Waals surface area contributed by atoms with Crippen LogP contribution in [0.4, 0.5) is 0 Å². The molecule has 82 valence electrons. The van der Waals surface area contributed by atoms with Crippen LogP contribution < -0.4 is 0 Å². The fourth-order valence-corrected chi connectivity index (χ4v) is 1.56. The van der Waals surface area contributed by atoms with E-state index >= 15 is 0 Å². The number of hydrogen-bond donors (Lipinski definition) is 2. The minimum absolute atomic E-state index is 0.0332. The van der Waals surface area contributed by atoms with Gasteiger partial charge in [-0.15, -0.1) is 0 Å². The number of rotatable bonds is 6. The number of aliphatic hydroxyl groups excluding tert-OH is 1. The molecule has 1 saturated heterocycles. The van der Waals surface area contributed by atoms with Crippen LogP contribution in [0.2, 0.25) is 0 Å². The Balaban J connectivity index is 2.40. The number of aliphatic carboxylic acids is 1. The van der Waals surface area contributed by atoms with Crippen molar-refractivity contribution in [1.29, 1.82) is 0 Å². The molecule has 0 aromatic rings. The zero-order valence-electron chi connectivity index (χ0n) is 8.07. The summed E-state index contributed by atoms with van der Waals surface area (Å²) in [5, 5.41) is 17.2. The van der Waals surface area contributed by atoms with Crippen LogP contribution in [0.5, 0.6) is 0 Å². The third kappa shape index (κ3) is 3.25. The molecular weight excluding hydrogens is 188 g/mol. The maximum atomic E-state index is 10.4. The zero-order chi connectivity index (χ0) is 10.4. The van der Waals surface area contributed by atoms with Crippen molar-refractivity contribution >= 4 is 5.97 Å². The molecule has 0 radical (unpaired) electrons. The number of carboxylic acids is 1. The molecule has 0 spiro atoms. The van der Waals surface area contributed by atoms with Crippen molar-refractivity contribution in [3.05, 3.63) is 0 Å². The Morgan fingerprint density at radius 3 is 2.43 bits per heavy atom. The van der Waals surface area contributed by atoms with Crippen LogP contribution >= 0.6 is 0 Å². The van der Waals surface area contributed by atoms with E-state index in [0.29, 0.717) is 32.5 Å². The van der Waals surface area contributed by atoms with Crippen LogP contribution in [0.25, 0.3) is 0 Å². The molecule has 1 aliphatic heterocycles. The Kier molecular flexibility index (Phi) is 4.31. The van der Waals surface area contributed by atoms with E-state index in [1.165, 1.54) is 0 Å². The maximum absolute atomic E-state index is 10.4. The fraction of sp³-hybridized carbons (Fsp3) is 0.889. The zero-order valence-corrected chi connectivity index (χ0v) is 8.07. The van der Waals surface area contributed by atoms with E-state index in [1.54, 1.807) is 0 Å². The lowest BCUT2D eigenvalue weighted by molar-refractivity contribution is -0.174. The first-order valence-corrected chi connectivity index (χ1v) is 4.79. The molecule has 0 bridgehead atoms. The van der Waals surface area contributed by atoms with E-state index in [4.69, 9.17) is 19.7 Å². The Morgan fingerprint density at radius 2 is 1.93 bits per heavy atom. The molecule has 1 fully saturated rings. The Hall–Kier alpha value is -0.650. The standard InChI is InChI=1S/C9H16O5/c10-5-1-3-9(4-2-8(11)12)13-6-7-14-9/h10H,1-7H2,(H,11,12). The van der Waals surface area contributed by atoms with Gasteiger partial charge in [0.1, 0.15) is 0 Å². The third-order valence-corrected chi connectivity index (χ3v) is 2.25. The Bertz CT molecular complexity index is 186. The Labute approximate surface area is 82.6 Å². The molecule has 0 saturated carbocycles. The first-order chi connectivity index (χ1) is 6.68. The summed E-state index contributed by atoms with van der Waals surface area (Å²) in [7, 11) is 0. The van der Waals surface area contributed by atoms with Crippen LogP contribution in [-0.4, -0.2) is 41.8 Å². The van der Waals surface area contributed by atoms with Gasteiger partial charge in [-0.2, -0.15) is 0 Å². The van der Waals surface area contributed by atoms with E-state index in [1.807, 2.05) is 0 Å². The lowest BCUT2D eigenvalue weighted by Crippen LogP contribution is -2.31. The predicted octanol–water partition coefficient (Wildman–Crippen LogP) is 0.367. The highest BCUT2D eigenvalue weighted by atomic mass is 16.7. The smallest absolute Gasteiger partial charge is 0.303 e. The minimum atomic E-state index is -0.854. The summed E-state index contributed by atoms with van der Waals surface area (Å²) in [6, 6.07) is 0. The van der Waals surface area contributed by atoms with Gasteiger partial charge in [0.25, 0.3) is 0 Å². The van der Waals surface area contributed by atoms with Gasteiger partial charge >= 0.3 is 5.97 Å². The first kappa shape index (κ1) is 11.4. The first-order valence-electron chi connectivity index (χ1n) is 4.79. The predicted molar refractivity (Wildman–Crippen MR) is 47.8 cm³/mol. The number of hydrogen-bond acceptors (Lipinski definition) is 4. The van der Waals surface area contributed by atoms with Crippen molar-refractivity contribution < 1.29 is 24.5 Å². The van der Waals surface area contributed by atoms with Crippen molar-refractivity contribution in [3.8, 4) is 0 Å². The van der Waals surface area contributed by atoms with Crippen molar-refractivity contribution in [2.45, 2.75) is 31.5 Å². The lowest BCUT2D eigenvalue weighted by Gasteiger charge is -2.26. The second-order valence-electron chi connectivity index (χ2n) is 3.33. The number of ether oxygens (including phenoxy) is 2. The summed E-state index contributed by atoms with van der Waals surface area (Å²) in [5.74, 6) is -1.62. The molecule has 5 nitrogen and oxygen atoms in total. The van der Waals surface area contributed by atoms with Crippen LogP contribution in [0, 0.1) is 0 Å². The van der Waals surface area contributed by atoms with Crippen LogP contribution in [0.15, 0.2) is 0 Å². The van der Waals surface area contributed by atoms with Crippen LogP contribution in [0.3, 0.4) is 0 Å². The summed E-state index contributed by atoms with van der Waals surface area (Å²) < 4.78 is 10.8. The highest BCUT2D eigenvalue weighted by Gasteiger charge is 2.35. The molecule has 0 amide bonds. The molecule has 1 aliphatic rings. The van der Waals surface area contributed by atoms with Gasteiger partial charge in [-0.1, -0.05) is 0 Å². The van der Waals surface area contributed by atoms with Gasteiger partial charge in [0.15, 0.2) is 5.79 Å². The fourth-order valence-electron chi connectivity index (χ4n) is 1.56. The molecule has 5 heteroatoms. The molecule has 0 atom stereocenters. The molecule has 0 aromatic heterocycles. The van der Waals surface area contributed by atoms with E-state index in [9.17, 15) is 4.79 Å². The topological polar surface area (TPSA) is 76.0 Å². The van der Waals surface area contributed by atoms with Gasteiger partial charge in [-0.05, 0) is 6.42 Å². The third-order valence-electron chi connectivity index (χ3n) is 2.25. The number of aliphatic hydroxyl groups is 1. The molecule has 2 N–H and O–H groups in total. The SMILES string of the molecule is O=C(O)CCC1(CCCO)OCCO1. The summed E-state index contributed by atoms with van der Waals surface area (Å²) in [6.07, 6.45) is 1.50. The second-order valence-corrected chi connectivity index (χ2v) is 3.33. The molecule has 0 aliphatic carbocycles. The second kappa shape index (κ2) is 5.29. The normalized spacial score (nSPS) is 19.8. The summed E-state index contributed by atoms with van der Waals surface area (Å²) in [4.78, 5) is 10.4.